The molecule has 0 radical (unpaired) electrons. The van der Waals surface area contributed by atoms with Crippen LogP contribution in [0.5, 0.6) is 5.75 Å². The summed E-state index contributed by atoms with van der Waals surface area (Å²) < 4.78 is 5.07. The van der Waals surface area contributed by atoms with Crippen molar-refractivity contribution in [2.75, 3.05) is 12.4 Å². The molecule has 1 amide bonds. The van der Waals surface area contributed by atoms with Gasteiger partial charge >= 0.3 is 0 Å². The fraction of sp³-hybridized carbons (Fsp3) is 0.182. The van der Waals surface area contributed by atoms with Crippen molar-refractivity contribution in [2.45, 2.75) is 6.92 Å². The molecular formula is C11H12N4O2. The number of benzene rings is 1. The van der Waals surface area contributed by atoms with E-state index in [4.69, 9.17) is 4.74 Å². The third-order valence-electron chi connectivity index (χ3n) is 2.26. The predicted octanol–water partition coefficient (Wildman–Crippen LogP) is 1.37. The maximum Gasteiger partial charge on any atom is 0.278 e. The van der Waals surface area contributed by atoms with Gasteiger partial charge in [-0.1, -0.05) is 6.07 Å². The van der Waals surface area contributed by atoms with Crippen molar-refractivity contribution in [1.29, 1.82) is 0 Å². The Morgan fingerprint density at radius 2 is 2.24 bits per heavy atom. The van der Waals surface area contributed by atoms with Gasteiger partial charge in [0.15, 0.2) is 5.69 Å². The Hall–Kier alpha value is -2.37. The number of hydrogen-bond acceptors (Lipinski definition) is 4. The Kier molecular flexibility index (Phi) is 3.04. The lowest BCUT2D eigenvalue weighted by atomic mass is 10.2. The van der Waals surface area contributed by atoms with Crippen LogP contribution in [0.3, 0.4) is 0 Å². The molecule has 2 aromatic rings. The van der Waals surface area contributed by atoms with Gasteiger partial charge in [0.05, 0.1) is 12.8 Å². The van der Waals surface area contributed by atoms with Crippen LogP contribution in [0.4, 0.5) is 5.69 Å². The van der Waals surface area contributed by atoms with Crippen molar-refractivity contribution in [3.8, 4) is 5.75 Å². The molecule has 2 rings (SSSR count). The number of carbonyl (C=O) groups excluding carboxylic acids is 1. The largest absolute Gasteiger partial charge is 0.497 e. The molecule has 0 unspecified atom stereocenters. The molecule has 0 bridgehead atoms. The van der Waals surface area contributed by atoms with E-state index in [1.165, 1.54) is 0 Å². The fourth-order valence-corrected chi connectivity index (χ4v) is 1.39. The molecule has 0 atom stereocenters. The van der Waals surface area contributed by atoms with Crippen molar-refractivity contribution in [1.82, 2.24) is 15.4 Å². The van der Waals surface area contributed by atoms with Gasteiger partial charge in [-0.15, -0.1) is 0 Å². The molecular weight excluding hydrogens is 220 g/mol. The van der Waals surface area contributed by atoms with Crippen LogP contribution in [-0.4, -0.2) is 28.4 Å². The SMILES string of the molecule is COc1cccc(NC(=O)c2n[nH]nc2C)c1. The number of methoxy groups -OCH3 is 1. The number of rotatable bonds is 3. The Morgan fingerprint density at radius 1 is 1.41 bits per heavy atom. The minimum atomic E-state index is -0.301. The van der Waals surface area contributed by atoms with Gasteiger partial charge in [-0.2, -0.15) is 15.4 Å². The van der Waals surface area contributed by atoms with Gasteiger partial charge in [-0.3, -0.25) is 4.79 Å². The molecule has 1 heterocycles. The molecule has 88 valence electrons. The summed E-state index contributed by atoms with van der Waals surface area (Å²) in [6.45, 7) is 1.71. The van der Waals surface area contributed by atoms with Gasteiger partial charge in [-0.05, 0) is 19.1 Å². The quantitative estimate of drug-likeness (QED) is 0.837. The summed E-state index contributed by atoms with van der Waals surface area (Å²) >= 11 is 0. The first kappa shape index (κ1) is 11.1. The van der Waals surface area contributed by atoms with E-state index in [1.54, 1.807) is 38.3 Å². The lowest BCUT2D eigenvalue weighted by Crippen LogP contribution is -2.13. The van der Waals surface area contributed by atoms with Crippen molar-refractivity contribution < 1.29 is 9.53 Å². The van der Waals surface area contributed by atoms with Gasteiger partial charge in [0.25, 0.3) is 5.91 Å². The van der Waals surface area contributed by atoms with Crippen LogP contribution >= 0.6 is 0 Å². The van der Waals surface area contributed by atoms with Crippen LogP contribution in [0.15, 0.2) is 24.3 Å². The normalized spacial score (nSPS) is 10.0. The summed E-state index contributed by atoms with van der Waals surface area (Å²) in [6.07, 6.45) is 0. The van der Waals surface area contributed by atoms with Crippen LogP contribution in [0.25, 0.3) is 0 Å². The minimum Gasteiger partial charge on any atom is -0.497 e. The molecule has 6 heteroatoms. The first-order chi connectivity index (χ1) is 8.20. The summed E-state index contributed by atoms with van der Waals surface area (Å²) in [5.74, 6) is 0.379. The highest BCUT2D eigenvalue weighted by Gasteiger charge is 2.13. The van der Waals surface area contributed by atoms with E-state index < -0.39 is 0 Å². The number of carbonyl (C=O) groups is 1. The number of amides is 1. The number of aromatic nitrogens is 3. The van der Waals surface area contributed by atoms with Gasteiger partial charge in [0.1, 0.15) is 5.75 Å². The van der Waals surface area contributed by atoms with Crippen LogP contribution in [0.2, 0.25) is 0 Å². The molecule has 1 aromatic carbocycles. The molecule has 0 aliphatic carbocycles. The van der Waals surface area contributed by atoms with E-state index in [2.05, 4.69) is 20.7 Å². The third kappa shape index (κ3) is 2.41. The van der Waals surface area contributed by atoms with E-state index in [-0.39, 0.29) is 11.6 Å². The maximum absolute atomic E-state index is 11.8. The number of nitrogens with zero attached hydrogens (tertiary/aromatic N) is 2. The molecule has 0 saturated carbocycles. The molecule has 0 spiro atoms. The van der Waals surface area contributed by atoms with Crippen LogP contribution in [0.1, 0.15) is 16.2 Å². The van der Waals surface area contributed by atoms with Crippen LogP contribution in [0, 0.1) is 6.92 Å². The number of aryl methyl sites for hydroxylation is 1. The first-order valence-electron chi connectivity index (χ1n) is 5.03. The highest BCUT2D eigenvalue weighted by molar-refractivity contribution is 6.03. The average Bonchev–Trinajstić information content (AvgIpc) is 2.76. The van der Waals surface area contributed by atoms with E-state index >= 15 is 0 Å². The summed E-state index contributed by atoms with van der Waals surface area (Å²) in [6, 6.07) is 7.10. The van der Waals surface area contributed by atoms with Crippen molar-refractivity contribution in [2.24, 2.45) is 0 Å². The summed E-state index contributed by atoms with van der Waals surface area (Å²) in [7, 11) is 1.57. The van der Waals surface area contributed by atoms with Crippen molar-refractivity contribution in [3.63, 3.8) is 0 Å². The molecule has 0 aliphatic heterocycles. The second-order valence-corrected chi connectivity index (χ2v) is 3.44. The lowest BCUT2D eigenvalue weighted by Gasteiger charge is -2.05. The number of anilines is 1. The molecule has 0 aliphatic rings. The standard InChI is InChI=1S/C11H12N4O2/c1-7-10(14-15-13-7)11(16)12-8-4-3-5-9(6-8)17-2/h3-6H,1-2H3,(H,12,16)(H,13,14,15). The Morgan fingerprint density at radius 3 is 2.88 bits per heavy atom. The Labute approximate surface area is 98.0 Å². The highest BCUT2D eigenvalue weighted by Crippen LogP contribution is 2.17. The minimum absolute atomic E-state index is 0.285. The van der Waals surface area contributed by atoms with Crippen LogP contribution in [-0.2, 0) is 0 Å². The third-order valence-corrected chi connectivity index (χ3v) is 2.26. The number of nitrogens with one attached hydrogen (secondary N) is 2. The van der Waals surface area contributed by atoms with Gasteiger partial charge in [0, 0.05) is 11.8 Å². The zero-order chi connectivity index (χ0) is 12.3. The van der Waals surface area contributed by atoms with Crippen molar-refractivity contribution >= 4 is 11.6 Å². The average molecular weight is 232 g/mol. The first-order valence-corrected chi connectivity index (χ1v) is 5.03. The van der Waals surface area contributed by atoms with Gasteiger partial charge < -0.3 is 10.1 Å². The molecule has 6 nitrogen and oxygen atoms in total. The Bertz CT molecular complexity index is 536. The summed E-state index contributed by atoms with van der Waals surface area (Å²) in [4.78, 5) is 11.8. The second-order valence-electron chi connectivity index (χ2n) is 3.44. The second kappa shape index (κ2) is 4.65. The van der Waals surface area contributed by atoms with Crippen LogP contribution < -0.4 is 10.1 Å². The summed E-state index contributed by atoms with van der Waals surface area (Å²) in [5.41, 5.74) is 1.50. The van der Waals surface area contributed by atoms with Crippen molar-refractivity contribution in [3.05, 3.63) is 35.7 Å². The van der Waals surface area contributed by atoms with E-state index in [0.717, 1.165) is 0 Å². The number of H-pyrrole nitrogens is 1. The lowest BCUT2D eigenvalue weighted by molar-refractivity contribution is 0.102. The zero-order valence-corrected chi connectivity index (χ0v) is 9.52. The number of ether oxygens (including phenoxy) is 1. The highest BCUT2D eigenvalue weighted by atomic mass is 16.5. The smallest absolute Gasteiger partial charge is 0.278 e. The molecule has 2 N–H and O–H groups in total. The fourth-order valence-electron chi connectivity index (χ4n) is 1.39. The number of aromatic amines is 1. The van der Waals surface area contributed by atoms with E-state index in [1.807, 2.05) is 0 Å². The van der Waals surface area contributed by atoms with E-state index in [0.29, 0.717) is 17.1 Å². The molecule has 0 saturated heterocycles. The van der Waals surface area contributed by atoms with Gasteiger partial charge in [0.2, 0.25) is 0 Å². The molecule has 1 aromatic heterocycles. The number of hydrogen-bond donors (Lipinski definition) is 2. The van der Waals surface area contributed by atoms with Gasteiger partial charge in [-0.25, -0.2) is 0 Å². The molecule has 17 heavy (non-hydrogen) atoms. The monoisotopic (exact) mass is 232 g/mol. The predicted molar refractivity (Wildman–Crippen MR) is 62.1 cm³/mol. The van der Waals surface area contributed by atoms with E-state index in [9.17, 15) is 4.79 Å². The molecule has 0 fully saturated rings. The Balaban J connectivity index is 2.16. The topological polar surface area (TPSA) is 79.9 Å². The summed E-state index contributed by atoms with van der Waals surface area (Å²) in [5, 5.41) is 12.7. The maximum atomic E-state index is 11.8. The zero-order valence-electron chi connectivity index (χ0n) is 9.52.